The van der Waals surface area contributed by atoms with Gasteiger partial charge in [-0.05, 0) is 42.5 Å². The summed E-state index contributed by atoms with van der Waals surface area (Å²) in [6, 6.07) is 5.68. The molecule has 1 aromatic carbocycles. The molecule has 20 heavy (non-hydrogen) atoms. The molecule has 106 valence electrons. The number of rotatable bonds is 4. The summed E-state index contributed by atoms with van der Waals surface area (Å²) >= 11 is 0. The second-order valence-electron chi connectivity index (χ2n) is 6.03. The summed E-state index contributed by atoms with van der Waals surface area (Å²) in [5.74, 6) is 1.07. The molecule has 1 heterocycles. The SMILES string of the molecule is O=C1CCc2cc(C(=O)CCC3CCCC3)ccc2N1. The monoisotopic (exact) mass is 271 g/mol. The topological polar surface area (TPSA) is 46.2 Å². The highest BCUT2D eigenvalue weighted by atomic mass is 16.1. The maximum atomic E-state index is 12.3. The number of Topliss-reactive ketones (excluding diaryl/α,β-unsaturated/α-hetero) is 1. The van der Waals surface area contributed by atoms with Gasteiger partial charge in [0.1, 0.15) is 0 Å². The van der Waals surface area contributed by atoms with Gasteiger partial charge in [-0.1, -0.05) is 25.7 Å². The summed E-state index contributed by atoms with van der Waals surface area (Å²) in [6.07, 6.45) is 8.21. The maximum Gasteiger partial charge on any atom is 0.224 e. The number of anilines is 1. The molecule has 3 nitrogen and oxygen atoms in total. The van der Waals surface area contributed by atoms with Crippen LogP contribution in [0.2, 0.25) is 0 Å². The lowest BCUT2D eigenvalue weighted by atomic mass is 9.94. The molecule has 1 fully saturated rings. The second kappa shape index (κ2) is 5.78. The summed E-state index contributed by atoms with van der Waals surface area (Å²) in [7, 11) is 0. The molecule has 1 N–H and O–H groups in total. The van der Waals surface area contributed by atoms with Crippen LogP contribution in [0.1, 0.15) is 60.9 Å². The van der Waals surface area contributed by atoms with Gasteiger partial charge >= 0.3 is 0 Å². The molecule has 0 unspecified atom stereocenters. The predicted octanol–water partition coefficient (Wildman–Crippen LogP) is 3.72. The van der Waals surface area contributed by atoms with Crippen LogP contribution in [0.25, 0.3) is 0 Å². The number of ketones is 1. The van der Waals surface area contributed by atoms with Crippen LogP contribution in [0.4, 0.5) is 5.69 Å². The number of aryl methyl sites for hydroxylation is 1. The zero-order chi connectivity index (χ0) is 13.9. The summed E-state index contributed by atoms with van der Waals surface area (Å²) in [5, 5.41) is 2.85. The second-order valence-corrected chi connectivity index (χ2v) is 6.03. The van der Waals surface area contributed by atoms with Gasteiger partial charge in [-0.25, -0.2) is 0 Å². The highest BCUT2D eigenvalue weighted by Crippen LogP contribution is 2.29. The highest BCUT2D eigenvalue weighted by molar-refractivity contribution is 5.98. The molecule has 3 rings (SSSR count). The van der Waals surface area contributed by atoms with E-state index in [-0.39, 0.29) is 11.7 Å². The molecule has 1 amide bonds. The Morgan fingerprint density at radius 1 is 1.20 bits per heavy atom. The van der Waals surface area contributed by atoms with Crippen molar-refractivity contribution in [2.45, 2.75) is 51.4 Å². The summed E-state index contributed by atoms with van der Waals surface area (Å²) in [5.41, 5.74) is 2.77. The van der Waals surface area contributed by atoms with E-state index < -0.39 is 0 Å². The molecule has 0 saturated heterocycles. The number of carbonyl (C=O) groups is 2. The number of nitrogens with one attached hydrogen (secondary N) is 1. The van der Waals surface area contributed by atoms with Crippen LogP contribution in [-0.2, 0) is 11.2 Å². The normalized spacial score (nSPS) is 18.7. The van der Waals surface area contributed by atoms with Crippen molar-refractivity contribution < 1.29 is 9.59 Å². The molecule has 2 aliphatic rings. The number of fused-ring (bicyclic) bond motifs is 1. The van der Waals surface area contributed by atoms with Crippen LogP contribution >= 0.6 is 0 Å². The third-order valence-corrected chi connectivity index (χ3v) is 4.58. The molecule has 3 heteroatoms. The van der Waals surface area contributed by atoms with Crippen molar-refractivity contribution in [1.29, 1.82) is 0 Å². The number of hydrogen-bond donors (Lipinski definition) is 1. The van der Waals surface area contributed by atoms with Gasteiger partial charge < -0.3 is 5.32 Å². The van der Waals surface area contributed by atoms with Gasteiger partial charge in [-0.3, -0.25) is 9.59 Å². The van der Waals surface area contributed by atoms with E-state index in [0.29, 0.717) is 12.8 Å². The van der Waals surface area contributed by atoms with Crippen LogP contribution in [0.3, 0.4) is 0 Å². The number of amides is 1. The van der Waals surface area contributed by atoms with Gasteiger partial charge in [-0.15, -0.1) is 0 Å². The highest BCUT2D eigenvalue weighted by Gasteiger charge is 2.19. The van der Waals surface area contributed by atoms with E-state index >= 15 is 0 Å². The van der Waals surface area contributed by atoms with E-state index in [9.17, 15) is 9.59 Å². The maximum absolute atomic E-state index is 12.3. The van der Waals surface area contributed by atoms with Crippen LogP contribution in [0, 0.1) is 5.92 Å². The molecule has 0 radical (unpaired) electrons. The van der Waals surface area contributed by atoms with Crippen molar-refractivity contribution in [2.75, 3.05) is 5.32 Å². The molecule has 1 aromatic rings. The van der Waals surface area contributed by atoms with E-state index in [1.165, 1.54) is 25.7 Å². The Labute approximate surface area is 119 Å². The number of benzene rings is 1. The Kier molecular flexibility index (Phi) is 3.86. The minimum absolute atomic E-state index is 0.0674. The summed E-state index contributed by atoms with van der Waals surface area (Å²) < 4.78 is 0. The summed E-state index contributed by atoms with van der Waals surface area (Å²) in [4.78, 5) is 23.6. The van der Waals surface area contributed by atoms with Crippen molar-refractivity contribution in [3.63, 3.8) is 0 Å². The van der Waals surface area contributed by atoms with Gasteiger partial charge in [0.05, 0.1) is 0 Å². The van der Waals surface area contributed by atoms with Crippen LogP contribution in [0.5, 0.6) is 0 Å². The summed E-state index contributed by atoms with van der Waals surface area (Å²) in [6.45, 7) is 0. The average molecular weight is 271 g/mol. The molecule has 0 spiro atoms. The first-order valence-electron chi connectivity index (χ1n) is 7.68. The van der Waals surface area contributed by atoms with Crippen molar-refractivity contribution in [2.24, 2.45) is 5.92 Å². The van der Waals surface area contributed by atoms with Crippen molar-refractivity contribution in [3.05, 3.63) is 29.3 Å². The van der Waals surface area contributed by atoms with Crippen molar-refractivity contribution >= 4 is 17.4 Å². The van der Waals surface area contributed by atoms with E-state index in [2.05, 4.69) is 5.32 Å². The largest absolute Gasteiger partial charge is 0.326 e. The molecular formula is C17H21NO2. The first-order valence-corrected chi connectivity index (χ1v) is 7.68. The van der Waals surface area contributed by atoms with Gasteiger partial charge in [0, 0.05) is 24.1 Å². The van der Waals surface area contributed by atoms with Gasteiger partial charge in [-0.2, -0.15) is 0 Å². The Balaban J connectivity index is 1.64. The Morgan fingerprint density at radius 2 is 2.00 bits per heavy atom. The van der Waals surface area contributed by atoms with E-state index in [1.807, 2.05) is 18.2 Å². The first-order chi connectivity index (χ1) is 9.72. The van der Waals surface area contributed by atoms with Gasteiger partial charge in [0.15, 0.2) is 5.78 Å². The Bertz CT molecular complexity index is 530. The number of carbonyl (C=O) groups excluding carboxylic acids is 2. The fraction of sp³-hybridized carbons (Fsp3) is 0.529. The molecule has 1 saturated carbocycles. The van der Waals surface area contributed by atoms with E-state index in [0.717, 1.165) is 35.6 Å². The molecule has 1 aliphatic heterocycles. The van der Waals surface area contributed by atoms with Crippen molar-refractivity contribution in [1.82, 2.24) is 0 Å². The fourth-order valence-electron chi connectivity index (χ4n) is 3.34. The van der Waals surface area contributed by atoms with Crippen LogP contribution < -0.4 is 5.32 Å². The molecule has 1 aliphatic carbocycles. The van der Waals surface area contributed by atoms with Gasteiger partial charge in [0.2, 0.25) is 5.91 Å². The Hall–Kier alpha value is -1.64. The van der Waals surface area contributed by atoms with Crippen LogP contribution in [-0.4, -0.2) is 11.7 Å². The quantitative estimate of drug-likeness (QED) is 0.848. The minimum atomic E-state index is 0.0674. The Morgan fingerprint density at radius 3 is 2.80 bits per heavy atom. The van der Waals surface area contributed by atoms with Crippen molar-refractivity contribution in [3.8, 4) is 0 Å². The first kappa shape index (κ1) is 13.3. The standard InChI is InChI=1S/C17H21NO2/c19-16(9-5-12-3-1-2-4-12)14-6-8-15-13(11-14)7-10-17(20)18-15/h6,8,11-12H,1-5,7,9-10H2,(H,18,20). The third-order valence-electron chi connectivity index (χ3n) is 4.58. The average Bonchev–Trinajstić information content (AvgIpc) is 2.97. The lowest BCUT2D eigenvalue weighted by Gasteiger charge is -2.17. The molecular weight excluding hydrogens is 250 g/mol. The zero-order valence-electron chi connectivity index (χ0n) is 11.8. The molecule has 0 aromatic heterocycles. The lowest BCUT2D eigenvalue weighted by Crippen LogP contribution is -2.19. The van der Waals surface area contributed by atoms with E-state index in [4.69, 9.17) is 0 Å². The number of hydrogen-bond acceptors (Lipinski definition) is 2. The molecule has 0 bridgehead atoms. The third kappa shape index (κ3) is 2.92. The predicted molar refractivity (Wildman–Crippen MR) is 78.9 cm³/mol. The molecule has 0 atom stereocenters. The fourth-order valence-corrected chi connectivity index (χ4v) is 3.34. The van der Waals surface area contributed by atoms with E-state index in [1.54, 1.807) is 0 Å². The zero-order valence-corrected chi connectivity index (χ0v) is 11.8. The smallest absolute Gasteiger partial charge is 0.224 e. The minimum Gasteiger partial charge on any atom is -0.326 e. The van der Waals surface area contributed by atoms with Gasteiger partial charge in [0.25, 0.3) is 0 Å². The lowest BCUT2D eigenvalue weighted by molar-refractivity contribution is -0.116. The van der Waals surface area contributed by atoms with Crippen LogP contribution in [0.15, 0.2) is 18.2 Å².